The molecule has 0 aliphatic carbocycles. The molecule has 0 heterocycles. The quantitative estimate of drug-likeness (QED) is 0.339. The molecule has 0 spiro atoms. The Hall–Kier alpha value is -0.850. The Labute approximate surface area is 87.9 Å². The molecule has 0 saturated heterocycles. The molecule has 0 N–H and O–H groups in total. The van der Waals surface area contributed by atoms with Gasteiger partial charge in [-0.25, -0.2) is 0 Å². The summed E-state index contributed by atoms with van der Waals surface area (Å²) in [5, 5.41) is 0. The first kappa shape index (κ1) is 13.2. The van der Waals surface area contributed by atoms with Crippen molar-refractivity contribution in [3.63, 3.8) is 0 Å². The predicted molar refractivity (Wildman–Crippen MR) is 62.3 cm³/mol. The van der Waals surface area contributed by atoms with Crippen LogP contribution in [0, 0.1) is 0 Å². The second kappa shape index (κ2) is 8.74. The number of hydrogen-bond acceptors (Lipinski definition) is 1. The van der Waals surface area contributed by atoms with Crippen LogP contribution in [0.5, 0.6) is 0 Å². The molecule has 0 radical (unpaired) electrons. The van der Waals surface area contributed by atoms with E-state index < -0.39 is 0 Å². The van der Waals surface area contributed by atoms with Crippen molar-refractivity contribution < 1.29 is 4.79 Å². The summed E-state index contributed by atoms with van der Waals surface area (Å²) >= 11 is 0. The summed E-state index contributed by atoms with van der Waals surface area (Å²) in [4.78, 5) is 10.1. The Bertz CT molecular complexity index is 207. The van der Waals surface area contributed by atoms with Gasteiger partial charge in [-0.05, 0) is 46.5 Å². The maximum absolute atomic E-state index is 10.1. The number of carbonyl (C=O) groups is 1. The van der Waals surface area contributed by atoms with Crippen molar-refractivity contribution in [3.8, 4) is 0 Å². The van der Waals surface area contributed by atoms with Crippen molar-refractivity contribution in [1.82, 2.24) is 0 Å². The standard InChI is InChI=1S/C13H22O/c1-12(2)8-7-10-13(3)9-5-4-6-11-14/h8-9,11H,4-7,10H2,1-3H3/b13-9-. The van der Waals surface area contributed by atoms with E-state index in [2.05, 4.69) is 32.9 Å². The highest BCUT2D eigenvalue weighted by Gasteiger charge is 1.89. The van der Waals surface area contributed by atoms with E-state index in [4.69, 9.17) is 0 Å². The second-order valence-electron chi connectivity index (χ2n) is 3.97. The Balaban J connectivity index is 3.56. The normalized spacial score (nSPS) is 11.2. The van der Waals surface area contributed by atoms with E-state index in [1.165, 1.54) is 11.1 Å². The van der Waals surface area contributed by atoms with Gasteiger partial charge in [0.05, 0.1) is 0 Å². The number of hydrogen-bond donors (Lipinski definition) is 0. The molecule has 1 heteroatoms. The molecule has 0 saturated carbocycles. The van der Waals surface area contributed by atoms with Gasteiger partial charge in [0.25, 0.3) is 0 Å². The van der Waals surface area contributed by atoms with Gasteiger partial charge < -0.3 is 4.79 Å². The van der Waals surface area contributed by atoms with Crippen LogP contribution in [0.4, 0.5) is 0 Å². The number of carbonyl (C=O) groups excluding carboxylic acids is 1. The van der Waals surface area contributed by atoms with Crippen LogP contribution in [0.2, 0.25) is 0 Å². The first-order valence-electron chi connectivity index (χ1n) is 5.39. The Morgan fingerprint density at radius 1 is 1.00 bits per heavy atom. The number of aldehydes is 1. The third kappa shape index (κ3) is 9.24. The first-order valence-corrected chi connectivity index (χ1v) is 5.39. The Morgan fingerprint density at radius 3 is 2.29 bits per heavy atom. The van der Waals surface area contributed by atoms with E-state index in [1.807, 2.05) is 0 Å². The van der Waals surface area contributed by atoms with Gasteiger partial charge in [-0.2, -0.15) is 0 Å². The fraction of sp³-hybridized carbons (Fsp3) is 0.615. The van der Waals surface area contributed by atoms with Crippen molar-refractivity contribution in [3.05, 3.63) is 23.3 Å². The zero-order valence-electron chi connectivity index (χ0n) is 9.68. The monoisotopic (exact) mass is 194 g/mol. The van der Waals surface area contributed by atoms with Crippen LogP contribution in [0.15, 0.2) is 23.3 Å². The van der Waals surface area contributed by atoms with Crippen LogP contribution in [0.25, 0.3) is 0 Å². The molecular formula is C13H22O. The van der Waals surface area contributed by atoms with Gasteiger partial charge in [0.2, 0.25) is 0 Å². The van der Waals surface area contributed by atoms with Crippen LogP contribution >= 0.6 is 0 Å². The third-order valence-electron chi connectivity index (χ3n) is 2.11. The van der Waals surface area contributed by atoms with E-state index in [1.54, 1.807) is 0 Å². The molecule has 0 unspecified atom stereocenters. The predicted octanol–water partition coefficient (Wildman–Crippen LogP) is 4.05. The fourth-order valence-corrected chi connectivity index (χ4v) is 1.24. The fourth-order valence-electron chi connectivity index (χ4n) is 1.24. The molecule has 0 aliphatic rings. The summed E-state index contributed by atoms with van der Waals surface area (Å²) in [6.45, 7) is 6.42. The van der Waals surface area contributed by atoms with Crippen LogP contribution in [0.1, 0.15) is 52.9 Å². The number of rotatable bonds is 7. The molecular weight excluding hydrogens is 172 g/mol. The average molecular weight is 194 g/mol. The Kier molecular flexibility index (Phi) is 8.20. The highest BCUT2D eigenvalue weighted by Crippen LogP contribution is 2.08. The molecule has 80 valence electrons. The molecule has 0 aromatic carbocycles. The Morgan fingerprint density at radius 2 is 1.71 bits per heavy atom. The molecule has 0 amide bonds. The molecule has 0 aliphatic heterocycles. The minimum Gasteiger partial charge on any atom is -0.303 e. The van der Waals surface area contributed by atoms with E-state index in [-0.39, 0.29) is 0 Å². The summed E-state index contributed by atoms with van der Waals surface area (Å²) < 4.78 is 0. The number of allylic oxidation sites excluding steroid dienone is 4. The summed E-state index contributed by atoms with van der Waals surface area (Å²) in [7, 11) is 0. The molecule has 1 nitrogen and oxygen atoms in total. The van der Waals surface area contributed by atoms with Crippen LogP contribution in [-0.4, -0.2) is 6.29 Å². The van der Waals surface area contributed by atoms with Crippen LogP contribution in [0.3, 0.4) is 0 Å². The zero-order valence-corrected chi connectivity index (χ0v) is 9.68. The summed E-state index contributed by atoms with van der Waals surface area (Å²) in [5.74, 6) is 0. The molecule has 0 bridgehead atoms. The van der Waals surface area contributed by atoms with Gasteiger partial charge in [-0.3, -0.25) is 0 Å². The van der Waals surface area contributed by atoms with Crippen molar-refractivity contribution in [2.45, 2.75) is 52.9 Å². The zero-order chi connectivity index (χ0) is 10.8. The maximum atomic E-state index is 10.1. The van der Waals surface area contributed by atoms with Gasteiger partial charge in [0.1, 0.15) is 6.29 Å². The van der Waals surface area contributed by atoms with Crippen LogP contribution < -0.4 is 0 Å². The van der Waals surface area contributed by atoms with Crippen molar-refractivity contribution in [2.24, 2.45) is 0 Å². The second-order valence-corrected chi connectivity index (χ2v) is 3.97. The molecule has 0 aromatic rings. The van der Waals surface area contributed by atoms with Gasteiger partial charge in [-0.1, -0.05) is 23.3 Å². The smallest absolute Gasteiger partial charge is 0.120 e. The lowest BCUT2D eigenvalue weighted by Crippen LogP contribution is -1.79. The van der Waals surface area contributed by atoms with Gasteiger partial charge in [0.15, 0.2) is 0 Å². The van der Waals surface area contributed by atoms with E-state index >= 15 is 0 Å². The first-order chi connectivity index (χ1) is 6.66. The molecule has 0 rings (SSSR count). The SMILES string of the molecule is CC(C)=CCC/C(C)=C\CCCC=O. The highest BCUT2D eigenvalue weighted by molar-refractivity contribution is 5.49. The molecule has 0 atom stereocenters. The molecule has 0 aromatic heterocycles. The van der Waals surface area contributed by atoms with Crippen LogP contribution in [-0.2, 0) is 4.79 Å². The topological polar surface area (TPSA) is 17.1 Å². The van der Waals surface area contributed by atoms with Gasteiger partial charge >= 0.3 is 0 Å². The molecule has 0 fully saturated rings. The maximum Gasteiger partial charge on any atom is 0.120 e. The summed E-state index contributed by atoms with van der Waals surface area (Å²) in [6, 6.07) is 0. The summed E-state index contributed by atoms with van der Waals surface area (Å²) in [6.07, 6.45) is 10.5. The van der Waals surface area contributed by atoms with E-state index in [0.29, 0.717) is 6.42 Å². The highest BCUT2D eigenvalue weighted by atomic mass is 16.1. The van der Waals surface area contributed by atoms with E-state index in [9.17, 15) is 4.79 Å². The summed E-state index contributed by atoms with van der Waals surface area (Å²) in [5.41, 5.74) is 2.83. The van der Waals surface area contributed by atoms with E-state index in [0.717, 1.165) is 32.0 Å². The van der Waals surface area contributed by atoms with Crippen molar-refractivity contribution in [2.75, 3.05) is 0 Å². The van der Waals surface area contributed by atoms with Gasteiger partial charge in [0, 0.05) is 6.42 Å². The minimum atomic E-state index is 0.692. The minimum absolute atomic E-state index is 0.692. The van der Waals surface area contributed by atoms with Crippen molar-refractivity contribution in [1.29, 1.82) is 0 Å². The molecule has 14 heavy (non-hydrogen) atoms. The number of unbranched alkanes of at least 4 members (excludes halogenated alkanes) is 2. The average Bonchev–Trinajstić information content (AvgIpc) is 2.12. The lowest BCUT2D eigenvalue weighted by molar-refractivity contribution is -0.107. The lowest BCUT2D eigenvalue weighted by atomic mass is 10.1. The third-order valence-corrected chi connectivity index (χ3v) is 2.11. The van der Waals surface area contributed by atoms with Gasteiger partial charge in [-0.15, -0.1) is 0 Å². The lowest BCUT2D eigenvalue weighted by Gasteiger charge is -1.98. The largest absolute Gasteiger partial charge is 0.303 e. The van der Waals surface area contributed by atoms with Crippen molar-refractivity contribution >= 4 is 6.29 Å².